The van der Waals surface area contributed by atoms with Crippen molar-refractivity contribution in [3.05, 3.63) is 98.9 Å². The summed E-state index contributed by atoms with van der Waals surface area (Å²) in [4.78, 5) is 37.2. The van der Waals surface area contributed by atoms with Crippen LogP contribution >= 0.6 is 0 Å². The van der Waals surface area contributed by atoms with Gasteiger partial charge in [-0.3, -0.25) is 14.9 Å². The van der Waals surface area contributed by atoms with Crippen LogP contribution in [0.2, 0.25) is 0 Å². The largest absolute Gasteiger partial charge is 0.457 e. The van der Waals surface area contributed by atoms with E-state index in [4.69, 9.17) is 4.74 Å². The average molecular weight is 447 g/mol. The molecular formula is C26H26N2O5. The van der Waals surface area contributed by atoms with Crippen molar-refractivity contribution in [3.63, 3.8) is 0 Å². The molecule has 0 radical (unpaired) electrons. The number of non-ortho nitro benzene ring substituents is 1. The molecule has 7 heteroatoms. The van der Waals surface area contributed by atoms with Crippen LogP contribution in [0, 0.1) is 21.4 Å². The van der Waals surface area contributed by atoms with Gasteiger partial charge in [-0.25, -0.2) is 4.79 Å². The van der Waals surface area contributed by atoms with Crippen LogP contribution in [-0.2, 0) is 20.9 Å². The molecule has 0 aromatic heterocycles. The van der Waals surface area contributed by atoms with Gasteiger partial charge < -0.3 is 10.1 Å². The molecule has 4 rings (SSSR count). The van der Waals surface area contributed by atoms with Gasteiger partial charge in [0.2, 0.25) is 0 Å². The summed E-state index contributed by atoms with van der Waals surface area (Å²) in [6.45, 7) is 5.90. The summed E-state index contributed by atoms with van der Waals surface area (Å²) in [6.07, 6.45) is 2.39. The highest BCUT2D eigenvalue weighted by molar-refractivity contribution is 5.96. The molecule has 170 valence electrons. The molecule has 0 saturated carbocycles. The summed E-state index contributed by atoms with van der Waals surface area (Å²) in [6, 6.07) is 15.4. The van der Waals surface area contributed by atoms with E-state index in [1.54, 1.807) is 19.1 Å². The van der Waals surface area contributed by atoms with E-state index >= 15 is 0 Å². The Kier molecular flexibility index (Phi) is 5.89. The standard InChI is InChI=1S/C26H26N2O5/c1-16-22(25(30)33-15-17-7-5-4-6-8-17)23(18-9-11-19(12-10-18)28(31)32)24-20(27-16)13-26(2,3)14-21(24)29/h4-13,23-24,27H,14-15H2,1-3H3. The van der Waals surface area contributed by atoms with Gasteiger partial charge in [-0.05, 0) is 23.5 Å². The fourth-order valence-electron chi connectivity index (χ4n) is 4.70. The summed E-state index contributed by atoms with van der Waals surface area (Å²) in [5.41, 5.74) is 2.92. The van der Waals surface area contributed by atoms with Crippen molar-refractivity contribution < 1.29 is 19.2 Å². The molecule has 2 unspecified atom stereocenters. The lowest BCUT2D eigenvalue weighted by atomic mass is 9.66. The Morgan fingerprint density at radius 3 is 2.42 bits per heavy atom. The number of rotatable bonds is 5. The molecule has 1 aliphatic carbocycles. The number of allylic oxidation sites excluding steroid dienone is 3. The van der Waals surface area contributed by atoms with E-state index in [0.29, 0.717) is 23.3 Å². The Morgan fingerprint density at radius 2 is 1.79 bits per heavy atom. The highest BCUT2D eigenvalue weighted by Crippen LogP contribution is 2.47. The predicted octanol–water partition coefficient (Wildman–Crippen LogP) is 4.80. The maximum absolute atomic E-state index is 13.3. The number of fused-ring (bicyclic) bond motifs is 1. The molecule has 7 nitrogen and oxygen atoms in total. The second-order valence-corrected chi connectivity index (χ2v) is 9.26. The molecule has 33 heavy (non-hydrogen) atoms. The number of benzene rings is 2. The first-order valence-corrected chi connectivity index (χ1v) is 10.8. The van der Waals surface area contributed by atoms with Gasteiger partial charge in [-0.2, -0.15) is 0 Å². The molecule has 0 bridgehead atoms. The lowest BCUT2D eigenvalue weighted by Gasteiger charge is -2.41. The number of carbonyl (C=O) groups is 2. The number of ether oxygens (including phenoxy) is 1. The van der Waals surface area contributed by atoms with Gasteiger partial charge in [0.25, 0.3) is 5.69 Å². The van der Waals surface area contributed by atoms with Crippen LogP contribution in [0.1, 0.15) is 44.2 Å². The minimum Gasteiger partial charge on any atom is -0.457 e. The molecule has 2 aliphatic rings. The lowest BCUT2D eigenvalue weighted by molar-refractivity contribution is -0.384. The first-order valence-electron chi connectivity index (χ1n) is 10.8. The number of Topliss-reactive ketones (excluding diaryl/α,β-unsaturated/α-hetero) is 1. The Labute approximate surface area is 192 Å². The zero-order valence-electron chi connectivity index (χ0n) is 18.8. The van der Waals surface area contributed by atoms with Crippen molar-refractivity contribution in [1.82, 2.24) is 5.32 Å². The third kappa shape index (κ3) is 4.58. The molecule has 2 atom stereocenters. The van der Waals surface area contributed by atoms with Crippen LogP contribution in [0.4, 0.5) is 5.69 Å². The Hall–Kier alpha value is -3.74. The molecule has 1 N–H and O–H groups in total. The molecule has 0 spiro atoms. The van der Waals surface area contributed by atoms with Crippen LogP contribution < -0.4 is 5.32 Å². The highest BCUT2D eigenvalue weighted by atomic mass is 16.6. The van der Waals surface area contributed by atoms with E-state index < -0.39 is 22.7 Å². The number of nitrogens with one attached hydrogen (secondary N) is 1. The molecule has 1 heterocycles. The van der Waals surface area contributed by atoms with Crippen molar-refractivity contribution >= 4 is 17.4 Å². The number of hydrogen-bond acceptors (Lipinski definition) is 6. The maximum atomic E-state index is 13.3. The fraction of sp³-hybridized carbons (Fsp3) is 0.308. The van der Waals surface area contributed by atoms with Crippen molar-refractivity contribution in [1.29, 1.82) is 0 Å². The first kappa shape index (κ1) is 22.5. The van der Waals surface area contributed by atoms with E-state index in [0.717, 1.165) is 11.3 Å². The molecule has 2 aromatic carbocycles. The van der Waals surface area contributed by atoms with E-state index in [-0.39, 0.29) is 23.5 Å². The van der Waals surface area contributed by atoms with Crippen LogP contribution in [-0.4, -0.2) is 16.7 Å². The first-order chi connectivity index (χ1) is 15.7. The summed E-state index contributed by atoms with van der Waals surface area (Å²) in [5.74, 6) is -1.66. The Bertz CT molecular complexity index is 1160. The van der Waals surface area contributed by atoms with Gasteiger partial charge >= 0.3 is 5.97 Å². The normalized spacial score (nSPS) is 21.5. The monoisotopic (exact) mass is 446 g/mol. The number of esters is 1. The lowest BCUT2D eigenvalue weighted by Crippen LogP contribution is -2.43. The van der Waals surface area contributed by atoms with Gasteiger partial charge in [0.15, 0.2) is 0 Å². The van der Waals surface area contributed by atoms with Gasteiger partial charge in [0, 0.05) is 35.9 Å². The van der Waals surface area contributed by atoms with Gasteiger partial charge in [0.05, 0.1) is 16.4 Å². The second-order valence-electron chi connectivity index (χ2n) is 9.26. The number of hydrogen-bond donors (Lipinski definition) is 1. The Balaban J connectivity index is 1.75. The summed E-state index contributed by atoms with van der Waals surface area (Å²) in [5, 5.41) is 14.4. The third-order valence-electron chi connectivity index (χ3n) is 6.13. The molecule has 0 amide bonds. The maximum Gasteiger partial charge on any atom is 0.336 e. The van der Waals surface area contributed by atoms with Gasteiger partial charge in [-0.15, -0.1) is 0 Å². The molecular weight excluding hydrogens is 420 g/mol. The zero-order chi connectivity index (χ0) is 23.8. The van der Waals surface area contributed by atoms with Crippen LogP contribution in [0.5, 0.6) is 0 Å². The number of nitro groups is 1. The Morgan fingerprint density at radius 1 is 1.12 bits per heavy atom. The van der Waals surface area contributed by atoms with Crippen LogP contribution in [0.15, 0.2) is 77.6 Å². The molecule has 1 aliphatic heterocycles. The van der Waals surface area contributed by atoms with Crippen LogP contribution in [0.25, 0.3) is 0 Å². The van der Waals surface area contributed by atoms with E-state index in [1.807, 2.05) is 50.3 Å². The summed E-state index contributed by atoms with van der Waals surface area (Å²) < 4.78 is 5.63. The zero-order valence-corrected chi connectivity index (χ0v) is 18.8. The number of carbonyl (C=O) groups excluding carboxylic acids is 2. The molecule has 2 aromatic rings. The van der Waals surface area contributed by atoms with E-state index in [9.17, 15) is 19.7 Å². The molecule has 0 saturated heterocycles. The smallest absolute Gasteiger partial charge is 0.336 e. The SMILES string of the molecule is CC1=C(C(=O)OCc2ccccc2)C(c2ccc([N+](=O)[O-])cc2)C2C(=O)CC(C)(C)C=C2N1. The van der Waals surface area contributed by atoms with Crippen molar-refractivity contribution in [2.24, 2.45) is 11.3 Å². The average Bonchev–Trinajstić information content (AvgIpc) is 2.76. The van der Waals surface area contributed by atoms with Crippen molar-refractivity contribution in [2.45, 2.75) is 39.7 Å². The number of nitrogens with zero attached hydrogens (tertiary/aromatic N) is 1. The number of nitro benzene ring substituents is 1. The second kappa shape index (κ2) is 8.65. The predicted molar refractivity (Wildman–Crippen MR) is 123 cm³/mol. The minimum atomic E-state index is -0.592. The van der Waals surface area contributed by atoms with E-state index in [1.165, 1.54) is 12.1 Å². The van der Waals surface area contributed by atoms with Crippen LogP contribution in [0.3, 0.4) is 0 Å². The highest BCUT2D eigenvalue weighted by Gasteiger charge is 2.46. The van der Waals surface area contributed by atoms with Gasteiger partial charge in [0.1, 0.15) is 12.4 Å². The van der Waals surface area contributed by atoms with E-state index in [2.05, 4.69) is 5.32 Å². The fourth-order valence-corrected chi connectivity index (χ4v) is 4.70. The van der Waals surface area contributed by atoms with Crippen molar-refractivity contribution in [2.75, 3.05) is 0 Å². The quantitative estimate of drug-likeness (QED) is 0.402. The topological polar surface area (TPSA) is 98.5 Å². The minimum absolute atomic E-state index is 0.0224. The molecule has 0 fully saturated rings. The third-order valence-corrected chi connectivity index (χ3v) is 6.13. The van der Waals surface area contributed by atoms with Gasteiger partial charge in [-0.1, -0.05) is 62.4 Å². The summed E-state index contributed by atoms with van der Waals surface area (Å²) in [7, 11) is 0. The number of ketones is 1. The van der Waals surface area contributed by atoms with Crippen molar-refractivity contribution in [3.8, 4) is 0 Å². The summed E-state index contributed by atoms with van der Waals surface area (Å²) >= 11 is 0.